The first-order chi connectivity index (χ1) is 17.2. The summed E-state index contributed by atoms with van der Waals surface area (Å²) in [5.41, 5.74) is 1.19. The topological polar surface area (TPSA) is 105 Å². The second kappa shape index (κ2) is 11.9. The predicted molar refractivity (Wildman–Crippen MR) is 140 cm³/mol. The Morgan fingerprint density at radius 3 is 2.64 bits per heavy atom. The Kier molecular flexibility index (Phi) is 8.90. The van der Waals surface area contributed by atoms with E-state index in [9.17, 15) is 18.0 Å². The van der Waals surface area contributed by atoms with Crippen LogP contribution in [0.3, 0.4) is 0 Å². The van der Waals surface area contributed by atoms with Gasteiger partial charge in [-0.3, -0.25) is 9.59 Å². The summed E-state index contributed by atoms with van der Waals surface area (Å²) in [6.45, 7) is 1.51. The highest BCUT2D eigenvalue weighted by Gasteiger charge is 2.33. The fraction of sp³-hybridized carbons (Fsp3) is 0.440. The summed E-state index contributed by atoms with van der Waals surface area (Å²) < 4.78 is 33.1. The molecule has 0 radical (unpaired) electrons. The number of carbonyl (C=O) groups excluding carboxylic acids is 2. The van der Waals surface area contributed by atoms with Gasteiger partial charge in [0.25, 0.3) is 5.91 Å². The van der Waals surface area contributed by atoms with Gasteiger partial charge in [-0.1, -0.05) is 41.4 Å². The summed E-state index contributed by atoms with van der Waals surface area (Å²) in [5, 5.41) is 6.42. The van der Waals surface area contributed by atoms with Gasteiger partial charge in [0.15, 0.2) is 0 Å². The number of hydrogen-bond acceptors (Lipinski definition) is 5. The Labute approximate surface area is 221 Å². The fourth-order valence-corrected chi connectivity index (χ4v) is 6.66. The number of ether oxygens (including phenoxy) is 1. The number of nitrogens with one attached hydrogen (secondary N) is 2. The highest BCUT2D eigenvalue weighted by molar-refractivity contribution is 7.88. The molecule has 2 aliphatic rings. The van der Waals surface area contributed by atoms with E-state index < -0.39 is 15.9 Å². The lowest BCUT2D eigenvalue weighted by molar-refractivity contribution is -0.120. The normalized spacial score (nSPS) is 20.7. The number of anilines is 1. The van der Waals surface area contributed by atoms with E-state index in [1.165, 1.54) is 10.4 Å². The minimum atomic E-state index is -3.70. The van der Waals surface area contributed by atoms with Crippen LogP contribution in [0.4, 0.5) is 5.69 Å². The first kappa shape index (κ1) is 26.9. The van der Waals surface area contributed by atoms with Crippen molar-refractivity contribution in [1.29, 1.82) is 0 Å². The van der Waals surface area contributed by atoms with Gasteiger partial charge in [-0.25, -0.2) is 12.7 Å². The number of rotatable bonds is 8. The molecule has 0 saturated carbocycles. The molecule has 2 fully saturated rings. The lowest BCUT2D eigenvalue weighted by atomic mass is 9.98. The van der Waals surface area contributed by atoms with E-state index >= 15 is 0 Å². The fourth-order valence-electron chi connectivity index (χ4n) is 4.47. The van der Waals surface area contributed by atoms with Crippen LogP contribution in [0, 0.1) is 5.92 Å². The van der Waals surface area contributed by atoms with Crippen molar-refractivity contribution in [3.05, 3.63) is 63.6 Å². The lowest BCUT2D eigenvalue weighted by Gasteiger charge is -2.31. The van der Waals surface area contributed by atoms with E-state index in [0.717, 1.165) is 12.8 Å². The zero-order valence-corrected chi connectivity index (χ0v) is 22.0. The maximum Gasteiger partial charge on any atom is 0.253 e. The van der Waals surface area contributed by atoms with E-state index in [2.05, 4.69) is 10.6 Å². The number of hydrogen-bond donors (Lipinski definition) is 2. The van der Waals surface area contributed by atoms with Crippen molar-refractivity contribution < 1.29 is 22.7 Å². The number of carbonyl (C=O) groups is 2. The van der Waals surface area contributed by atoms with Gasteiger partial charge in [-0.05, 0) is 55.5 Å². The zero-order valence-electron chi connectivity index (χ0n) is 19.7. The average Bonchev–Trinajstić information content (AvgIpc) is 3.38. The molecular formula is C25H29Cl2N3O5S. The molecule has 0 aromatic heterocycles. The molecule has 0 bridgehead atoms. The summed E-state index contributed by atoms with van der Waals surface area (Å²) in [7, 11) is -3.70. The molecule has 194 valence electrons. The van der Waals surface area contributed by atoms with Gasteiger partial charge in [0, 0.05) is 36.3 Å². The lowest BCUT2D eigenvalue weighted by Crippen LogP contribution is -2.44. The standard InChI is InChI=1S/C25H29Cl2N3O5S/c26-19-10-9-18(22(27)13-19)16-36(33,34)30-11-3-5-17(15-30)24(31)29-23-8-2-1-7-21(23)25(32)28-14-20-6-4-12-35-20/h1-2,7-10,13,17,20H,3-6,11-12,14-16H2,(H,28,32)(H,29,31)/t17-,20+/m0/s1. The zero-order chi connectivity index (χ0) is 25.7. The van der Waals surface area contributed by atoms with Crippen LogP contribution in [0.2, 0.25) is 10.0 Å². The van der Waals surface area contributed by atoms with Gasteiger partial charge in [-0.15, -0.1) is 0 Å². The van der Waals surface area contributed by atoms with E-state index in [0.29, 0.717) is 54.4 Å². The third-order valence-electron chi connectivity index (χ3n) is 6.45. The maximum atomic E-state index is 13.1. The number of piperidine rings is 1. The number of nitrogens with zero attached hydrogens (tertiary/aromatic N) is 1. The molecule has 8 nitrogen and oxygen atoms in total. The Morgan fingerprint density at radius 1 is 1.08 bits per heavy atom. The summed E-state index contributed by atoms with van der Waals surface area (Å²) in [5.74, 6) is -1.43. The molecule has 0 unspecified atom stereocenters. The molecule has 2 saturated heterocycles. The van der Waals surface area contributed by atoms with Crippen molar-refractivity contribution in [2.45, 2.75) is 37.5 Å². The molecule has 2 amide bonds. The first-order valence-corrected chi connectivity index (χ1v) is 14.3. The van der Waals surface area contributed by atoms with Crippen LogP contribution in [0.25, 0.3) is 0 Å². The Bertz CT molecular complexity index is 1220. The van der Waals surface area contributed by atoms with Gasteiger partial charge in [0.1, 0.15) is 0 Å². The molecule has 2 heterocycles. The highest BCUT2D eigenvalue weighted by Crippen LogP contribution is 2.27. The molecule has 2 aromatic carbocycles. The summed E-state index contributed by atoms with van der Waals surface area (Å²) in [6.07, 6.45) is 2.99. The van der Waals surface area contributed by atoms with Crippen molar-refractivity contribution in [2.24, 2.45) is 5.92 Å². The van der Waals surface area contributed by atoms with Crippen LogP contribution < -0.4 is 10.6 Å². The monoisotopic (exact) mass is 553 g/mol. The second-order valence-corrected chi connectivity index (χ2v) is 11.9. The van der Waals surface area contributed by atoms with Gasteiger partial charge in [0.2, 0.25) is 15.9 Å². The van der Waals surface area contributed by atoms with E-state index in [1.807, 2.05) is 0 Å². The smallest absolute Gasteiger partial charge is 0.253 e. The molecule has 2 aromatic rings. The number of sulfonamides is 1. The van der Waals surface area contributed by atoms with Crippen LogP contribution in [-0.4, -0.2) is 56.9 Å². The average molecular weight is 554 g/mol. The number of para-hydroxylation sites is 1. The number of amides is 2. The molecule has 0 spiro atoms. The van der Waals surface area contributed by atoms with E-state index in [4.69, 9.17) is 27.9 Å². The van der Waals surface area contributed by atoms with Gasteiger partial charge in [-0.2, -0.15) is 0 Å². The van der Waals surface area contributed by atoms with Crippen LogP contribution in [0.1, 0.15) is 41.6 Å². The van der Waals surface area contributed by atoms with Crippen molar-refractivity contribution in [1.82, 2.24) is 9.62 Å². The van der Waals surface area contributed by atoms with Crippen LogP contribution in [0.15, 0.2) is 42.5 Å². The van der Waals surface area contributed by atoms with Crippen LogP contribution in [0.5, 0.6) is 0 Å². The summed E-state index contributed by atoms with van der Waals surface area (Å²) in [4.78, 5) is 25.9. The summed E-state index contributed by atoms with van der Waals surface area (Å²) in [6, 6.07) is 11.5. The van der Waals surface area contributed by atoms with E-state index in [1.54, 1.807) is 36.4 Å². The largest absolute Gasteiger partial charge is 0.376 e. The Hall–Kier alpha value is -2.17. The first-order valence-electron chi connectivity index (χ1n) is 11.9. The molecule has 4 rings (SSSR count). The van der Waals surface area contributed by atoms with Crippen LogP contribution >= 0.6 is 23.2 Å². The van der Waals surface area contributed by atoms with Crippen molar-refractivity contribution >= 4 is 50.7 Å². The third-order valence-corrected chi connectivity index (χ3v) is 8.83. The SMILES string of the molecule is O=C(NC[C@H]1CCCO1)c1ccccc1NC(=O)[C@H]1CCCN(S(=O)(=O)Cc2ccc(Cl)cc2Cl)C1. The minimum Gasteiger partial charge on any atom is -0.376 e. The van der Waals surface area contributed by atoms with Crippen molar-refractivity contribution in [2.75, 3.05) is 31.6 Å². The third kappa shape index (κ3) is 6.77. The molecule has 2 atom stereocenters. The Balaban J connectivity index is 1.39. The minimum absolute atomic E-state index is 0.00799. The highest BCUT2D eigenvalue weighted by atomic mass is 35.5. The molecule has 2 N–H and O–H groups in total. The molecule has 2 aliphatic heterocycles. The summed E-state index contributed by atoms with van der Waals surface area (Å²) >= 11 is 12.1. The van der Waals surface area contributed by atoms with E-state index in [-0.39, 0.29) is 35.2 Å². The Morgan fingerprint density at radius 2 is 1.89 bits per heavy atom. The van der Waals surface area contributed by atoms with Gasteiger partial charge in [0.05, 0.1) is 29.0 Å². The van der Waals surface area contributed by atoms with Crippen LogP contribution in [-0.2, 0) is 25.3 Å². The molecule has 11 heteroatoms. The number of benzene rings is 2. The van der Waals surface area contributed by atoms with Gasteiger partial charge >= 0.3 is 0 Å². The molecule has 36 heavy (non-hydrogen) atoms. The predicted octanol–water partition coefficient (Wildman–Crippen LogP) is 4.08. The molecule has 0 aliphatic carbocycles. The van der Waals surface area contributed by atoms with Crippen molar-refractivity contribution in [3.8, 4) is 0 Å². The second-order valence-electron chi connectivity index (χ2n) is 9.07. The van der Waals surface area contributed by atoms with Gasteiger partial charge < -0.3 is 15.4 Å². The number of halogens is 2. The maximum absolute atomic E-state index is 13.1. The quantitative estimate of drug-likeness (QED) is 0.512. The molecular weight excluding hydrogens is 525 g/mol. The van der Waals surface area contributed by atoms with Crippen molar-refractivity contribution in [3.63, 3.8) is 0 Å².